The summed E-state index contributed by atoms with van der Waals surface area (Å²) in [7, 11) is 0. The Balaban J connectivity index is 3.46. The highest BCUT2D eigenvalue weighted by atomic mass is 16.6. The second-order valence-electron chi connectivity index (χ2n) is 2.37. The van der Waals surface area contributed by atoms with E-state index >= 15 is 0 Å². The van der Waals surface area contributed by atoms with Crippen molar-refractivity contribution in [3.63, 3.8) is 0 Å². The zero-order valence-electron chi connectivity index (χ0n) is 6.78. The third-order valence-corrected chi connectivity index (χ3v) is 1.23. The van der Waals surface area contributed by atoms with Gasteiger partial charge >= 0.3 is 5.97 Å². The quantitative estimate of drug-likeness (QED) is 0.556. The Morgan fingerprint density at radius 3 is 2.45 bits per heavy atom. The number of rotatable bonds is 4. The zero-order chi connectivity index (χ0) is 8.85. The molecule has 0 aromatic rings. The first-order valence-corrected chi connectivity index (χ1v) is 3.60. The average Bonchev–Trinajstić information content (AvgIpc) is 1.99. The van der Waals surface area contributed by atoms with Crippen LogP contribution in [0, 0.1) is 0 Å². The molecule has 0 heterocycles. The molecule has 2 N–H and O–H groups in total. The largest absolute Gasteiger partial charge is 0.461 e. The summed E-state index contributed by atoms with van der Waals surface area (Å²) in [5.41, 5.74) is 0. The molecule has 0 aliphatic heterocycles. The molecular formula is C7H14O4. The molecule has 2 unspecified atom stereocenters. The highest BCUT2D eigenvalue weighted by molar-refractivity contribution is 5.73. The van der Waals surface area contributed by atoms with Crippen LogP contribution < -0.4 is 0 Å². The molecule has 4 nitrogen and oxygen atoms in total. The van der Waals surface area contributed by atoms with Crippen LogP contribution in [0.3, 0.4) is 0 Å². The zero-order valence-corrected chi connectivity index (χ0v) is 6.78. The molecule has 11 heavy (non-hydrogen) atoms. The number of hydrogen-bond donors (Lipinski definition) is 2. The van der Waals surface area contributed by atoms with Gasteiger partial charge in [-0.1, -0.05) is 6.92 Å². The number of hydrogen-bond acceptors (Lipinski definition) is 4. The first-order chi connectivity index (χ1) is 5.07. The van der Waals surface area contributed by atoms with E-state index in [0.29, 0.717) is 6.42 Å². The molecule has 0 amide bonds. The lowest BCUT2D eigenvalue weighted by molar-refractivity contribution is -0.155. The molecule has 0 aromatic heterocycles. The Bertz CT molecular complexity index is 122. The first kappa shape index (κ1) is 10.4. The predicted octanol–water partition coefficient (Wildman–Crippen LogP) is -0.319. The van der Waals surface area contributed by atoms with E-state index in [1.807, 2.05) is 0 Å². The van der Waals surface area contributed by atoms with Crippen molar-refractivity contribution in [2.24, 2.45) is 0 Å². The van der Waals surface area contributed by atoms with Gasteiger partial charge < -0.3 is 14.9 Å². The van der Waals surface area contributed by atoms with Gasteiger partial charge in [0.1, 0.15) is 12.7 Å². The molecule has 0 aliphatic carbocycles. The van der Waals surface area contributed by atoms with Crippen molar-refractivity contribution >= 4 is 5.97 Å². The molecule has 0 saturated carbocycles. The van der Waals surface area contributed by atoms with Gasteiger partial charge in [0.25, 0.3) is 0 Å². The molecule has 0 saturated heterocycles. The number of aliphatic hydroxyl groups is 2. The number of carbonyl (C=O) groups is 1. The van der Waals surface area contributed by atoms with Crippen LogP contribution in [0.2, 0.25) is 0 Å². The van der Waals surface area contributed by atoms with Crippen LogP contribution in [0.15, 0.2) is 0 Å². The maximum atomic E-state index is 10.6. The van der Waals surface area contributed by atoms with Gasteiger partial charge in [0.2, 0.25) is 0 Å². The minimum absolute atomic E-state index is 0.0414. The van der Waals surface area contributed by atoms with Crippen molar-refractivity contribution in [2.75, 3.05) is 6.61 Å². The molecular weight excluding hydrogens is 148 g/mol. The average molecular weight is 162 g/mol. The summed E-state index contributed by atoms with van der Waals surface area (Å²) in [6, 6.07) is 0. The van der Waals surface area contributed by atoms with E-state index in [-0.39, 0.29) is 6.61 Å². The maximum Gasteiger partial charge on any atom is 0.334 e. The summed E-state index contributed by atoms with van der Waals surface area (Å²) in [6.07, 6.45) is -1.20. The van der Waals surface area contributed by atoms with Crippen molar-refractivity contribution in [1.29, 1.82) is 0 Å². The topological polar surface area (TPSA) is 66.8 Å². The Morgan fingerprint density at radius 1 is 1.55 bits per heavy atom. The highest BCUT2D eigenvalue weighted by Crippen LogP contribution is 1.93. The molecule has 2 atom stereocenters. The number of esters is 1. The Morgan fingerprint density at radius 2 is 2.09 bits per heavy atom. The van der Waals surface area contributed by atoms with Crippen LogP contribution in [0.25, 0.3) is 0 Å². The molecule has 4 heteroatoms. The fourth-order valence-corrected chi connectivity index (χ4v) is 0.417. The standard InChI is InChI=1S/C7H14O4/c1-3-6(9)4-11-7(10)5(2)8/h5-6,8-9H,3-4H2,1-2H3. The van der Waals surface area contributed by atoms with Gasteiger partial charge in [0.05, 0.1) is 6.10 Å². The van der Waals surface area contributed by atoms with Crippen LogP contribution >= 0.6 is 0 Å². The van der Waals surface area contributed by atoms with Crippen molar-refractivity contribution in [3.05, 3.63) is 0 Å². The third kappa shape index (κ3) is 4.75. The molecule has 0 rings (SSSR count). The smallest absolute Gasteiger partial charge is 0.334 e. The SMILES string of the molecule is CCC(O)COC(=O)C(C)O. The molecule has 66 valence electrons. The van der Waals surface area contributed by atoms with E-state index in [4.69, 9.17) is 10.2 Å². The molecule has 0 aromatic carbocycles. The van der Waals surface area contributed by atoms with Gasteiger partial charge in [-0.2, -0.15) is 0 Å². The monoisotopic (exact) mass is 162 g/mol. The van der Waals surface area contributed by atoms with Gasteiger partial charge in [0.15, 0.2) is 0 Å². The van der Waals surface area contributed by atoms with Crippen LogP contribution in [0.5, 0.6) is 0 Å². The Kier molecular flexibility index (Phi) is 4.81. The molecule has 0 spiro atoms. The normalized spacial score (nSPS) is 15.6. The van der Waals surface area contributed by atoms with E-state index in [0.717, 1.165) is 0 Å². The second kappa shape index (κ2) is 5.09. The number of aliphatic hydroxyl groups excluding tert-OH is 2. The minimum Gasteiger partial charge on any atom is -0.461 e. The lowest BCUT2D eigenvalue weighted by Crippen LogP contribution is -2.24. The second-order valence-corrected chi connectivity index (χ2v) is 2.37. The van der Waals surface area contributed by atoms with E-state index < -0.39 is 18.2 Å². The van der Waals surface area contributed by atoms with Gasteiger partial charge in [-0.3, -0.25) is 0 Å². The lowest BCUT2D eigenvalue weighted by atomic mass is 10.3. The fraction of sp³-hybridized carbons (Fsp3) is 0.857. The predicted molar refractivity (Wildman–Crippen MR) is 38.9 cm³/mol. The van der Waals surface area contributed by atoms with Crippen LogP contribution in [0.4, 0.5) is 0 Å². The molecule has 0 fully saturated rings. The minimum atomic E-state index is -1.11. The van der Waals surface area contributed by atoms with E-state index in [1.54, 1.807) is 6.92 Å². The summed E-state index contributed by atoms with van der Waals surface area (Å²) < 4.78 is 4.52. The third-order valence-electron chi connectivity index (χ3n) is 1.23. The summed E-state index contributed by atoms with van der Waals surface area (Å²) in [4.78, 5) is 10.6. The van der Waals surface area contributed by atoms with Crippen LogP contribution in [-0.2, 0) is 9.53 Å². The van der Waals surface area contributed by atoms with Gasteiger partial charge in [-0.05, 0) is 13.3 Å². The first-order valence-electron chi connectivity index (χ1n) is 3.60. The lowest BCUT2D eigenvalue weighted by Gasteiger charge is -2.09. The summed E-state index contributed by atoms with van der Waals surface area (Å²) in [5, 5.41) is 17.6. The number of carbonyl (C=O) groups excluding carboxylic acids is 1. The molecule has 0 aliphatic rings. The fourth-order valence-electron chi connectivity index (χ4n) is 0.417. The Hall–Kier alpha value is -0.610. The van der Waals surface area contributed by atoms with E-state index in [9.17, 15) is 4.79 Å². The number of ether oxygens (including phenoxy) is 1. The summed E-state index contributed by atoms with van der Waals surface area (Å²) in [6.45, 7) is 3.06. The summed E-state index contributed by atoms with van der Waals surface area (Å²) >= 11 is 0. The molecule has 0 bridgehead atoms. The van der Waals surface area contributed by atoms with Crippen molar-refractivity contribution in [1.82, 2.24) is 0 Å². The van der Waals surface area contributed by atoms with Gasteiger partial charge in [-0.25, -0.2) is 4.79 Å². The Labute approximate surface area is 65.8 Å². The van der Waals surface area contributed by atoms with Gasteiger partial charge in [-0.15, -0.1) is 0 Å². The van der Waals surface area contributed by atoms with Gasteiger partial charge in [0, 0.05) is 0 Å². The van der Waals surface area contributed by atoms with Crippen molar-refractivity contribution in [2.45, 2.75) is 32.5 Å². The van der Waals surface area contributed by atoms with Crippen molar-refractivity contribution < 1.29 is 19.7 Å². The maximum absolute atomic E-state index is 10.6. The van der Waals surface area contributed by atoms with Crippen molar-refractivity contribution in [3.8, 4) is 0 Å². The molecule has 0 radical (unpaired) electrons. The van der Waals surface area contributed by atoms with Crippen LogP contribution in [-0.4, -0.2) is 35.0 Å². The highest BCUT2D eigenvalue weighted by Gasteiger charge is 2.11. The summed E-state index contributed by atoms with van der Waals surface area (Å²) in [5.74, 6) is -0.697. The van der Waals surface area contributed by atoms with E-state index in [2.05, 4.69) is 4.74 Å². The van der Waals surface area contributed by atoms with Crippen LogP contribution in [0.1, 0.15) is 20.3 Å². The van der Waals surface area contributed by atoms with E-state index in [1.165, 1.54) is 6.92 Å².